The molecular weight excluding hydrogens is 244 g/mol. The lowest BCUT2D eigenvalue weighted by Gasteiger charge is -2.22. The molecule has 1 amide bonds. The molecule has 0 aromatic carbocycles. The van der Waals surface area contributed by atoms with E-state index in [9.17, 15) is 4.79 Å². The van der Waals surface area contributed by atoms with Crippen LogP contribution in [-0.4, -0.2) is 44.4 Å². The summed E-state index contributed by atoms with van der Waals surface area (Å²) in [5.74, 6) is 0.0404. The molecule has 0 aromatic heterocycles. The van der Waals surface area contributed by atoms with Crippen molar-refractivity contribution < 1.29 is 14.3 Å². The molecule has 1 aliphatic rings. The quantitative estimate of drug-likeness (QED) is 0.661. The summed E-state index contributed by atoms with van der Waals surface area (Å²) >= 11 is 0. The summed E-state index contributed by atoms with van der Waals surface area (Å²) in [6.07, 6.45) is 5.72. The van der Waals surface area contributed by atoms with Gasteiger partial charge in [0.05, 0.1) is 12.7 Å². The van der Waals surface area contributed by atoms with Crippen molar-refractivity contribution in [2.24, 2.45) is 5.73 Å². The topological polar surface area (TPSA) is 73.6 Å². The van der Waals surface area contributed by atoms with Crippen LogP contribution in [0.3, 0.4) is 0 Å². The molecule has 0 radical (unpaired) electrons. The van der Waals surface area contributed by atoms with Gasteiger partial charge in [-0.15, -0.1) is 0 Å². The summed E-state index contributed by atoms with van der Waals surface area (Å²) in [7, 11) is 0. The third-order valence-electron chi connectivity index (χ3n) is 3.41. The SMILES string of the molecule is CCCCC(CN)NC(=O)CCOC1CCOCC1. The number of nitrogens with two attached hydrogens (primary N) is 1. The Labute approximate surface area is 116 Å². The molecule has 5 nitrogen and oxygen atoms in total. The van der Waals surface area contributed by atoms with Gasteiger partial charge >= 0.3 is 0 Å². The Morgan fingerprint density at radius 3 is 2.84 bits per heavy atom. The Balaban J connectivity index is 2.08. The summed E-state index contributed by atoms with van der Waals surface area (Å²) in [5.41, 5.74) is 5.65. The van der Waals surface area contributed by atoms with Gasteiger partial charge in [0.15, 0.2) is 0 Å². The van der Waals surface area contributed by atoms with Crippen molar-refractivity contribution in [3.05, 3.63) is 0 Å². The molecule has 5 heteroatoms. The molecular formula is C14H28N2O3. The zero-order valence-electron chi connectivity index (χ0n) is 12.0. The van der Waals surface area contributed by atoms with Crippen LogP contribution in [-0.2, 0) is 14.3 Å². The summed E-state index contributed by atoms with van der Waals surface area (Å²) < 4.78 is 10.9. The fraction of sp³-hybridized carbons (Fsp3) is 0.929. The number of hydrogen-bond donors (Lipinski definition) is 2. The van der Waals surface area contributed by atoms with Crippen molar-refractivity contribution in [1.82, 2.24) is 5.32 Å². The summed E-state index contributed by atoms with van der Waals surface area (Å²) in [6, 6.07) is 0.107. The highest BCUT2D eigenvalue weighted by molar-refractivity contribution is 5.76. The van der Waals surface area contributed by atoms with E-state index in [-0.39, 0.29) is 18.1 Å². The molecule has 0 bridgehead atoms. The van der Waals surface area contributed by atoms with Gasteiger partial charge in [-0.05, 0) is 19.3 Å². The molecule has 19 heavy (non-hydrogen) atoms. The summed E-state index contributed by atoms with van der Waals surface area (Å²) in [4.78, 5) is 11.7. The van der Waals surface area contributed by atoms with Crippen LogP contribution in [0.2, 0.25) is 0 Å². The van der Waals surface area contributed by atoms with Crippen LogP contribution in [0.5, 0.6) is 0 Å². The third-order valence-corrected chi connectivity index (χ3v) is 3.41. The lowest BCUT2D eigenvalue weighted by atomic mass is 10.1. The van der Waals surface area contributed by atoms with E-state index in [2.05, 4.69) is 12.2 Å². The second-order valence-corrected chi connectivity index (χ2v) is 5.07. The standard InChI is InChI=1S/C14H28N2O3/c1-2-3-4-12(11-15)16-14(17)7-10-19-13-5-8-18-9-6-13/h12-13H,2-11,15H2,1H3,(H,16,17). The zero-order valence-corrected chi connectivity index (χ0v) is 12.0. The van der Waals surface area contributed by atoms with E-state index in [0.29, 0.717) is 19.6 Å². The van der Waals surface area contributed by atoms with Gasteiger partial charge in [-0.3, -0.25) is 4.79 Å². The van der Waals surface area contributed by atoms with E-state index in [1.807, 2.05) is 0 Å². The molecule has 3 N–H and O–H groups in total. The Morgan fingerprint density at radius 2 is 2.21 bits per heavy atom. The first-order chi connectivity index (χ1) is 9.26. The molecule has 112 valence electrons. The number of rotatable bonds is 9. The van der Waals surface area contributed by atoms with Crippen molar-refractivity contribution in [3.63, 3.8) is 0 Å². The molecule has 1 saturated heterocycles. The molecule has 0 aliphatic carbocycles. The third kappa shape index (κ3) is 7.50. The molecule has 1 aliphatic heterocycles. The van der Waals surface area contributed by atoms with Crippen molar-refractivity contribution >= 4 is 5.91 Å². The minimum atomic E-state index is 0.0404. The number of hydrogen-bond acceptors (Lipinski definition) is 4. The van der Waals surface area contributed by atoms with E-state index in [0.717, 1.165) is 45.3 Å². The molecule has 0 spiro atoms. The van der Waals surface area contributed by atoms with Crippen LogP contribution in [0.15, 0.2) is 0 Å². The van der Waals surface area contributed by atoms with Crippen LogP contribution >= 0.6 is 0 Å². The van der Waals surface area contributed by atoms with E-state index in [4.69, 9.17) is 15.2 Å². The lowest BCUT2D eigenvalue weighted by Crippen LogP contribution is -2.40. The fourth-order valence-corrected chi connectivity index (χ4v) is 2.16. The van der Waals surface area contributed by atoms with E-state index in [1.165, 1.54) is 0 Å². The highest BCUT2D eigenvalue weighted by Gasteiger charge is 2.15. The van der Waals surface area contributed by atoms with Gasteiger partial charge in [0.2, 0.25) is 5.91 Å². The first-order valence-electron chi connectivity index (χ1n) is 7.45. The Bertz CT molecular complexity index is 243. The van der Waals surface area contributed by atoms with Gasteiger partial charge < -0.3 is 20.5 Å². The van der Waals surface area contributed by atoms with Crippen molar-refractivity contribution in [2.45, 2.75) is 57.6 Å². The lowest BCUT2D eigenvalue weighted by molar-refractivity contribution is -0.123. The van der Waals surface area contributed by atoms with E-state index < -0.39 is 0 Å². The molecule has 1 fully saturated rings. The molecule has 0 saturated carbocycles. The van der Waals surface area contributed by atoms with Crippen LogP contribution in [0, 0.1) is 0 Å². The van der Waals surface area contributed by atoms with Gasteiger partial charge in [0, 0.05) is 32.2 Å². The Kier molecular flexibility index (Phi) is 8.79. The van der Waals surface area contributed by atoms with Crippen LogP contribution < -0.4 is 11.1 Å². The van der Waals surface area contributed by atoms with Gasteiger partial charge in [-0.2, -0.15) is 0 Å². The largest absolute Gasteiger partial charge is 0.381 e. The van der Waals surface area contributed by atoms with Gasteiger partial charge in [0.1, 0.15) is 0 Å². The van der Waals surface area contributed by atoms with E-state index >= 15 is 0 Å². The fourth-order valence-electron chi connectivity index (χ4n) is 2.16. The van der Waals surface area contributed by atoms with E-state index in [1.54, 1.807) is 0 Å². The van der Waals surface area contributed by atoms with Crippen molar-refractivity contribution in [3.8, 4) is 0 Å². The predicted molar refractivity (Wildman–Crippen MR) is 74.9 cm³/mol. The zero-order chi connectivity index (χ0) is 13.9. The van der Waals surface area contributed by atoms with Crippen LogP contribution in [0.1, 0.15) is 45.4 Å². The average molecular weight is 272 g/mol. The second-order valence-electron chi connectivity index (χ2n) is 5.07. The maximum atomic E-state index is 11.7. The van der Waals surface area contributed by atoms with Crippen LogP contribution in [0.25, 0.3) is 0 Å². The number of ether oxygens (including phenoxy) is 2. The molecule has 1 atom stereocenters. The molecule has 1 unspecified atom stereocenters. The predicted octanol–water partition coefficient (Wildman–Crippen LogP) is 1.21. The molecule has 0 aromatic rings. The summed E-state index contributed by atoms with van der Waals surface area (Å²) in [5, 5.41) is 2.97. The van der Waals surface area contributed by atoms with Crippen molar-refractivity contribution in [1.29, 1.82) is 0 Å². The Morgan fingerprint density at radius 1 is 1.47 bits per heavy atom. The number of amides is 1. The monoisotopic (exact) mass is 272 g/mol. The van der Waals surface area contributed by atoms with Crippen molar-refractivity contribution in [2.75, 3.05) is 26.4 Å². The van der Waals surface area contributed by atoms with Gasteiger partial charge in [0.25, 0.3) is 0 Å². The maximum Gasteiger partial charge on any atom is 0.222 e. The first kappa shape index (κ1) is 16.4. The molecule has 1 rings (SSSR count). The smallest absolute Gasteiger partial charge is 0.222 e. The highest BCUT2D eigenvalue weighted by Crippen LogP contribution is 2.10. The highest BCUT2D eigenvalue weighted by atomic mass is 16.5. The number of carbonyl (C=O) groups is 1. The second kappa shape index (κ2) is 10.2. The summed E-state index contributed by atoms with van der Waals surface area (Å²) in [6.45, 7) is 4.66. The maximum absolute atomic E-state index is 11.7. The molecule has 1 heterocycles. The minimum Gasteiger partial charge on any atom is -0.381 e. The van der Waals surface area contributed by atoms with Gasteiger partial charge in [-0.25, -0.2) is 0 Å². The minimum absolute atomic E-state index is 0.0404. The van der Waals surface area contributed by atoms with Crippen LogP contribution in [0.4, 0.5) is 0 Å². The normalized spacial score (nSPS) is 18.2. The van der Waals surface area contributed by atoms with Gasteiger partial charge in [-0.1, -0.05) is 19.8 Å². The number of unbranched alkanes of at least 4 members (excludes halogenated alkanes) is 1. The Hall–Kier alpha value is -0.650. The number of nitrogens with one attached hydrogen (secondary N) is 1. The first-order valence-corrected chi connectivity index (χ1v) is 7.45. The number of carbonyl (C=O) groups excluding carboxylic acids is 1. The average Bonchev–Trinajstić information content (AvgIpc) is 2.44.